The molecule has 0 saturated carbocycles. The van der Waals surface area contributed by atoms with Crippen LogP contribution in [0.15, 0.2) is 22.7 Å². The molecule has 0 atom stereocenters. The summed E-state index contributed by atoms with van der Waals surface area (Å²) in [5.74, 6) is -0.227. The summed E-state index contributed by atoms with van der Waals surface area (Å²) in [5, 5.41) is 0. The van der Waals surface area contributed by atoms with E-state index in [-0.39, 0.29) is 18.5 Å². The molecule has 0 aliphatic rings. The molecule has 0 radical (unpaired) electrons. The number of benzene rings is 1. The molecule has 1 aromatic carbocycles. The number of primary amides is 1. The third kappa shape index (κ3) is 3.96. The Labute approximate surface area is 120 Å². The van der Waals surface area contributed by atoms with Gasteiger partial charge >= 0.3 is 0 Å². The average Bonchev–Trinajstić information content (AvgIpc) is 2.35. The topological polar surface area (TPSA) is 72.6 Å². The number of ether oxygens (including phenoxy) is 1. The molecule has 104 valence electrons. The first-order valence-corrected chi connectivity index (χ1v) is 6.59. The van der Waals surface area contributed by atoms with Crippen molar-refractivity contribution in [3.63, 3.8) is 0 Å². The molecule has 0 aliphatic heterocycles. The highest BCUT2D eigenvalue weighted by Gasteiger charge is 2.22. The molecule has 0 spiro atoms. The number of nitrogens with zero attached hydrogens (tertiary/aromatic N) is 1. The molecule has 0 aliphatic carbocycles. The number of carbonyl (C=O) groups is 2. The van der Waals surface area contributed by atoms with Gasteiger partial charge < -0.3 is 15.4 Å². The molecule has 1 rings (SSSR count). The minimum atomic E-state index is -0.541. The van der Waals surface area contributed by atoms with Gasteiger partial charge in [0, 0.05) is 10.5 Å². The van der Waals surface area contributed by atoms with Crippen LogP contribution in [0.1, 0.15) is 24.2 Å². The lowest BCUT2D eigenvalue weighted by Gasteiger charge is -2.26. The average molecular weight is 329 g/mol. The molecule has 0 aromatic heterocycles. The second-order valence-electron chi connectivity index (χ2n) is 4.34. The fourth-order valence-electron chi connectivity index (χ4n) is 1.61. The molecule has 0 heterocycles. The first-order valence-electron chi connectivity index (χ1n) is 5.79. The molecule has 0 saturated heterocycles. The van der Waals surface area contributed by atoms with Crippen LogP contribution < -0.4 is 10.5 Å². The summed E-state index contributed by atoms with van der Waals surface area (Å²) in [6, 6.07) is 4.98. The Morgan fingerprint density at radius 2 is 2.05 bits per heavy atom. The van der Waals surface area contributed by atoms with Crippen molar-refractivity contribution in [1.29, 1.82) is 0 Å². The van der Waals surface area contributed by atoms with E-state index >= 15 is 0 Å². The van der Waals surface area contributed by atoms with Crippen molar-refractivity contribution in [1.82, 2.24) is 4.90 Å². The second-order valence-corrected chi connectivity index (χ2v) is 5.19. The zero-order valence-corrected chi connectivity index (χ0v) is 12.7. The van der Waals surface area contributed by atoms with E-state index < -0.39 is 5.91 Å². The van der Waals surface area contributed by atoms with E-state index in [9.17, 15) is 9.59 Å². The second kappa shape index (κ2) is 6.56. The summed E-state index contributed by atoms with van der Waals surface area (Å²) < 4.78 is 5.74. The van der Waals surface area contributed by atoms with Gasteiger partial charge in [-0.15, -0.1) is 0 Å². The van der Waals surface area contributed by atoms with Gasteiger partial charge in [-0.2, -0.15) is 0 Å². The monoisotopic (exact) mass is 328 g/mol. The summed E-state index contributed by atoms with van der Waals surface area (Å²) in [5.41, 5.74) is 5.61. The number of carbonyl (C=O) groups excluding carboxylic acids is 2. The fourth-order valence-corrected chi connectivity index (χ4v) is 2.02. The Morgan fingerprint density at radius 3 is 2.53 bits per heavy atom. The van der Waals surface area contributed by atoms with E-state index in [0.717, 1.165) is 0 Å². The first-order chi connectivity index (χ1) is 8.86. The van der Waals surface area contributed by atoms with Crippen LogP contribution in [0.2, 0.25) is 0 Å². The molecule has 2 N–H and O–H groups in total. The van der Waals surface area contributed by atoms with Gasteiger partial charge in [-0.25, -0.2) is 0 Å². The largest absolute Gasteiger partial charge is 0.497 e. The predicted molar refractivity (Wildman–Crippen MR) is 76.1 cm³/mol. The maximum absolute atomic E-state index is 12.4. The third-order valence-corrected chi connectivity index (χ3v) is 3.31. The Balaban J connectivity index is 3.12. The van der Waals surface area contributed by atoms with Gasteiger partial charge in [-0.1, -0.05) is 0 Å². The molecular formula is C13H17BrN2O3. The number of amides is 2. The lowest BCUT2D eigenvalue weighted by molar-refractivity contribution is -0.119. The minimum absolute atomic E-state index is 0.111. The van der Waals surface area contributed by atoms with Gasteiger partial charge in [0.15, 0.2) is 0 Å². The van der Waals surface area contributed by atoms with E-state index in [4.69, 9.17) is 10.5 Å². The Morgan fingerprint density at radius 1 is 1.42 bits per heavy atom. The molecule has 0 unspecified atom stereocenters. The zero-order chi connectivity index (χ0) is 14.6. The van der Waals surface area contributed by atoms with Crippen LogP contribution in [0.3, 0.4) is 0 Å². The Hall–Kier alpha value is -1.56. The molecular weight excluding hydrogens is 312 g/mol. The third-order valence-electron chi connectivity index (χ3n) is 2.61. The van der Waals surface area contributed by atoms with Crippen molar-refractivity contribution in [2.24, 2.45) is 5.73 Å². The van der Waals surface area contributed by atoms with E-state index in [0.29, 0.717) is 15.8 Å². The van der Waals surface area contributed by atoms with Gasteiger partial charge in [0.25, 0.3) is 5.91 Å². The number of hydrogen-bond donors (Lipinski definition) is 1. The molecule has 5 nitrogen and oxygen atoms in total. The normalized spacial score (nSPS) is 10.4. The predicted octanol–water partition coefficient (Wildman–Crippen LogP) is 1.79. The molecule has 0 bridgehead atoms. The van der Waals surface area contributed by atoms with Crippen LogP contribution in [0.4, 0.5) is 0 Å². The Bertz CT molecular complexity index is 489. The fraction of sp³-hybridized carbons (Fsp3) is 0.385. The van der Waals surface area contributed by atoms with Crippen molar-refractivity contribution in [2.45, 2.75) is 19.9 Å². The first kappa shape index (κ1) is 15.5. The highest BCUT2D eigenvalue weighted by molar-refractivity contribution is 9.10. The lowest BCUT2D eigenvalue weighted by Crippen LogP contribution is -2.42. The molecule has 0 fully saturated rings. The number of hydrogen-bond acceptors (Lipinski definition) is 3. The van der Waals surface area contributed by atoms with E-state index in [1.807, 2.05) is 13.8 Å². The van der Waals surface area contributed by atoms with Gasteiger partial charge in [0.05, 0.1) is 19.2 Å². The van der Waals surface area contributed by atoms with Crippen molar-refractivity contribution in [3.05, 3.63) is 28.2 Å². The van der Waals surface area contributed by atoms with Crippen LogP contribution in [-0.4, -0.2) is 36.4 Å². The SMILES string of the molecule is COc1ccc(Br)c(C(=O)N(CC(N)=O)C(C)C)c1. The van der Waals surface area contributed by atoms with E-state index in [1.54, 1.807) is 18.2 Å². The number of rotatable bonds is 5. The highest BCUT2D eigenvalue weighted by Crippen LogP contribution is 2.24. The maximum Gasteiger partial charge on any atom is 0.255 e. The summed E-state index contributed by atoms with van der Waals surface area (Å²) in [6.07, 6.45) is 0. The van der Waals surface area contributed by atoms with Crippen LogP contribution >= 0.6 is 15.9 Å². The lowest BCUT2D eigenvalue weighted by atomic mass is 10.1. The molecule has 1 aromatic rings. The van der Waals surface area contributed by atoms with Crippen LogP contribution in [0.25, 0.3) is 0 Å². The van der Waals surface area contributed by atoms with Gasteiger partial charge in [0.2, 0.25) is 5.91 Å². The number of nitrogens with two attached hydrogens (primary N) is 1. The van der Waals surface area contributed by atoms with Crippen LogP contribution in [-0.2, 0) is 4.79 Å². The molecule has 19 heavy (non-hydrogen) atoms. The van der Waals surface area contributed by atoms with E-state index in [2.05, 4.69) is 15.9 Å². The van der Waals surface area contributed by atoms with Crippen LogP contribution in [0, 0.1) is 0 Å². The zero-order valence-electron chi connectivity index (χ0n) is 11.1. The smallest absolute Gasteiger partial charge is 0.255 e. The Kier molecular flexibility index (Phi) is 5.35. The van der Waals surface area contributed by atoms with E-state index in [1.165, 1.54) is 12.0 Å². The molecule has 6 heteroatoms. The minimum Gasteiger partial charge on any atom is -0.497 e. The quantitative estimate of drug-likeness (QED) is 0.895. The van der Waals surface area contributed by atoms with Crippen molar-refractivity contribution < 1.29 is 14.3 Å². The van der Waals surface area contributed by atoms with Crippen molar-refractivity contribution >= 4 is 27.7 Å². The van der Waals surface area contributed by atoms with Gasteiger partial charge in [0.1, 0.15) is 5.75 Å². The molecule has 2 amide bonds. The summed E-state index contributed by atoms with van der Waals surface area (Å²) in [4.78, 5) is 24.9. The number of halogens is 1. The van der Waals surface area contributed by atoms with Gasteiger partial charge in [-0.05, 0) is 48.0 Å². The standard InChI is InChI=1S/C13H17BrN2O3/c1-8(2)16(7-12(15)17)13(18)10-6-9(19-3)4-5-11(10)14/h4-6,8H,7H2,1-3H3,(H2,15,17). The number of methoxy groups -OCH3 is 1. The van der Waals surface area contributed by atoms with Gasteiger partial charge in [-0.3, -0.25) is 9.59 Å². The summed E-state index contributed by atoms with van der Waals surface area (Å²) in [7, 11) is 1.53. The van der Waals surface area contributed by atoms with Crippen molar-refractivity contribution in [3.8, 4) is 5.75 Å². The van der Waals surface area contributed by atoms with Crippen LogP contribution in [0.5, 0.6) is 5.75 Å². The van der Waals surface area contributed by atoms with Crippen molar-refractivity contribution in [2.75, 3.05) is 13.7 Å². The summed E-state index contributed by atoms with van der Waals surface area (Å²) >= 11 is 3.32. The maximum atomic E-state index is 12.4. The highest BCUT2D eigenvalue weighted by atomic mass is 79.9. The summed E-state index contributed by atoms with van der Waals surface area (Å²) in [6.45, 7) is 3.55.